The molecule has 9 heteroatoms. The molecule has 2 amide bonds. The maximum absolute atomic E-state index is 12.7. The molecule has 240 valence electrons. The second-order valence-electron chi connectivity index (χ2n) is 11.4. The molecule has 1 aliphatic heterocycles. The van der Waals surface area contributed by atoms with Crippen molar-refractivity contribution < 1.29 is 24.2 Å². The van der Waals surface area contributed by atoms with Crippen molar-refractivity contribution in [3.05, 3.63) is 114 Å². The van der Waals surface area contributed by atoms with E-state index in [0.29, 0.717) is 38.3 Å². The molecule has 0 radical (unpaired) electrons. The van der Waals surface area contributed by atoms with E-state index in [4.69, 9.17) is 9.47 Å². The fourth-order valence-electron chi connectivity index (χ4n) is 5.58. The number of methoxy groups -OCH3 is 1. The van der Waals surface area contributed by atoms with Crippen LogP contribution in [-0.2, 0) is 29.2 Å². The van der Waals surface area contributed by atoms with Gasteiger partial charge in [-0.15, -0.1) is 0 Å². The third-order valence-electron chi connectivity index (χ3n) is 8.10. The van der Waals surface area contributed by atoms with Crippen molar-refractivity contribution in [1.29, 1.82) is 0 Å². The number of hydrogen-bond acceptors (Lipinski definition) is 7. The molecule has 9 nitrogen and oxygen atoms in total. The number of para-hydroxylation sites is 1. The Labute approximate surface area is 270 Å². The van der Waals surface area contributed by atoms with Gasteiger partial charge in [0.2, 0.25) is 5.91 Å². The lowest BCUT2D eigenvalue weighted by Gasteiger charge is -2.31. The van der Waals surface area contributed by atoms with Crippen LogP contribution in [0.15, 0.2) is 97.1 Å². The molecule has 1 aliphatic rings. The number of amides is 2. The lowest BCUT2D eigenvalue weighted by molar-refractivity contribution is -0.121. The van der Waals surface area contributed by atoms with Crippen LogP contribution in [0.2, 0.25) is 0 Å². The quantitative estimate of drug-likeness (QED) is 0.143. The zero-order valence-electron chi connectivity index (χ0n) is 26.2. The van der Waals surface area contributed by atoms with Gasteiger partial charge in [-0.05, 0) is 53.3 Å². The van der Waals surface area contributed by atoms with Crippen molar-refractivity contribution in [3.8, 4) is 22.6 Å². The number of ether oxygens (including phenoxy) is 2. The second-order valence-corrected chi connectivity index (χ2v) is 11.4. The highest BCUT2D eigenvalue weighted by Gasteiger charge is 2.23. The number of phenols is 1. The number of benzene rings is 4. The summed E-state index contributed by atoms with van der Waals surface area (Å²) in [5.41, 5.74) is 5.87. The molecule has 0 saturated carbocycles. The van der Waals surface area contributed by atoms with Gasteiger partial charge in [0.1, 0.15) is 6.10 Å². The summed E-state index contributed by atoms with van der Waals surface area (Å²) in [6.45, 7) is 4.00. The van der Waals surface area contributed by atoms with Crippen molar-refractivity contribution in [2.75, 3.05) is 32.1 Å². The van der Waals surface area contributed by atoms with Crippen LogP contribution in [0, 0.1) is 0 Å². The summed E-state index contributed by atoms with van der Waals surface area (Å²) >= 11 is 0. The van der Waals surface area contributed by atoms with Crippen LogP contribution < -0.4 is 20.7 Å². The third kappa shape index (κ3) is 9.57. The molecular weight excluding hydrogens is 580 g/mol. The first kappa shape index (κ1) is 32.5. The number of carbonyl (C=O) groups is 2. The Kier molecular flexibility index (Phi) is 11.6. The number of nitrogens with one attached hydrogen (secondary N) is 3. The molecule has 4 aromatic carbocycles. The Bertz CT molecular complexity index is 1590. The fraction of sp³-hybridized carbons (Fsp3) is 0.297. The lowest BCUT2D eigenvalue weighted by Crippen LogP contribution is -2.40. The monoisotopic (exact) mass is 622 g/mol. The van der Waals surface area contributed by atoms with E-state index in [1.165, 1.54) is 7.11 Å². The summed E-state index contributed by atoms with van der Waals surface area (Å²) in [6.07, 6.45) is 1.28. The fourth-order valence-corrected chi connectivity index (χ4v) is 5.58. The predicted molar refractivity (Wildman–Crippen MR) is 180 cm³/mol. The number of carbonyl (C=O) groups excluding carboxylic acids is 2. The van der Waals surface area contributed by atoms with E-state index in [2.05, 4.69) is 33.0 Å². The predicted octanol–water partition coefficient (Wildman–Crippen LogP) is 6.08. The van der Waals surface area contributed by atoms with Crippen molar-refractivity contribution in [1.82, 2.24) is 15.5 Å². The zero-order chi connectivity index (χ0) is 32.1. The van der Waals surface area contributed by atoms with Gasteiger partial charge in [-0.25, -0.2) is 4.79 Å². The van der Waals surface area contributed by atoms with Crippen molar-refractivity contribution in [2.24, 2.45) is 0 Å². The first-order chi connectivity index (χ1) is 22.5. The highest BCUT2D eigenvalue weighted by atomic mass is 16.6. The minimum Gasteiger partial charge on any atom is -0.504 e. The smallest absolute Gasteiger partial charge is 0.411 e. The van der Waals surface area contributed by atoms with Crippen LogP contribution >= 0.6 is 0 Å². The van der Waals surface area contributed by atoms with Crippen LogP contribution in [-0.4, -0.2) is 54.9 Å². The number of anilines is 1. The molecule has 0 atom stereocenters. The van der Waals surface area contributed by atoms with E-state index >= 15 is 0 Å². The molecule has 0 bridgehead atoms. The van der Waals surface area contributed by atoms with E-state index in [9.17, 15) is 14.7 Å². The highest BCUT2D eigenvalue weighted by Crippen LogP contribution is 2.28. The van der Waals surface area contributed by atoms with Crippen LogP contribution in [0.3, 0.4) is 0 Å². The van der Waals surface area contributed by atoms with E-state index in [1.54, 1.807) is 6.07 Å². The van der Waals surface area contributed by atoms with Gasteiger partial charge in [-0.1, -0.05) is 78.9 Å². The number of piperidine rings is 1. The van der Waals surface area contributed by atoms with Crippen molar-refractivity contribution in [3.63, 3.8) is 0 Å². The molecule has 46 heavy (non-hydrogen) atoms. The second kappa shape index (κ2) is 16.5. The van der Waals surface area contributed by atoms with Gasteiger partial charge < -0.3 is 30.1 Å². The molecule has 0 spiro atoms. The summed E-state index contributed by atoms with van der Waals surface area (Å²) in [5, 5.41) is 19.1. The van der Waals surface area contributed by atoms with Crippen LogP contribution in [0.1, 0.15) is 36.0 Å². The Balaban J connectivity index is 0.979. The highest BCUT2D eigenvalue weighted by molar-refractivity contribution is 5.91. The molecule has 1 heterocycles. The lowest BCUT2D eigenvalue weighted by atomic mass is 10.0. The first-order valence-corrected chi connectivity index (χ1v) is 15.7. The van der Waals surface area contributed by atoms with Gasteiger partial charge in [-0.2, -0.15) is 0 Å². The van der Waals surface area contributed by atoms with E-state index < -0.39 is 6.09 Å². The normalized spacial score (nSPS) is 13.6. The van der Waals surface area contributed by atoms with Crippen LogP contribution in [0.25, 0.3) is 11.1 Å². The maximum Gasteiger partial charge on any atom is 0.411 e. The molecule has 5 rings (SSSR count). The summed E-state index contributed by atoms with van der Waals surface area (Å²) < 4.78 is 10.9. The van der Waals surface area contributed by atoms with E-state index in [1.807, 2.05) is 78.9 Å². The maximum atomic E-state index is 12.7. The minimum absolute atomic E-state index is 0.0136. The topological polar surface area (TPSA) is 112 Å². The SMILES string of the molecule is COc1cc(CNCc2cccc(CNC(=O)CCN3CCC(OC(=O)Nc4ccccc4-c4ccccc4)CC3)c2)ccc1O. The molecule has 0 aromatic heterocycles. The molecule has 0 unspecified atom stereocenters. The Morgan fingerprint density at radius 3 is 2.28 bits per heavy atom. The minimum atomic E-state index is -0.445. The Morgan fingerprint density at radius 1 is 0.826 bits per heavy atom. The number of phenolic OH excluding ortho intramolecular Hbond substituents is 1. The van der Waals surface area contributed by atoms with E-state index in [-0.39, 0.29) is 17.8 Å². The summed E-state index contributed by atoms with van der Waals surface area (Å²) in [5.74, 6) is 0.593. The average Bonchev–Trinajstić information content (AvgIpc) is 3.08. The van der Waals surface area contributed by atoms with Crippen molar-refractivity contribution in [2.45, 2.75) is 45.0 Å². The number of aromatic hydroxyl groups is 1. The molecular formula is C37H42N4O5. The van der Waals surface area contributed by atoms with Gasteiger partial charge in [0.15, 0.2) is 11.5 Å². The Hall–Kier alpha value is -4.86. The molecule has 4 aromatic rings. The first-order valence-electron chi connectivity index (χ1n) is 15.7. The molecule has 4 N–H and O–H groups in total. The van der Waals surface area contributed by atoms with Crippen LogP contribution in [0.5, 0.6) is 11.5 Å². The van der Waals surface area contributed by atoms with Gasteiger partial charge >= 0.3 is 6.09 Å². The molecule has 1 saturated heterocycles. The van der Waals surface area contributed by atoms with Crippen LogP contribution in [0.4, 0.5) is 10.5 Å². The van der Waals surface area contributed by atoms with Gasteiger partial charge in [0.05, 0.1) is 12.8 Å². The third-order valence-corrected chi connectivity index (χ3v) is 8.10. The largest absolute Gasteiger partial charge is 0.504 e. The standard InChI is InChI=1S/C37H42N4O5/c1-45-35-23-29(14-15-34(35)42)25-38-24-27-8-7-9-28(22-27)26-39-36(43)18-21-41-19-16-31(17-20-41)46-37(44)40-33-13-6-5-12-32(33)30-10-3-2-4-11-30/h2-15,22-23,31,38,42H,16-21,24-26H2,1H3,(H,39,43)(H,40,44). The van der Waals surface area contributed by atoms with Gasteiger partial charge in [-0.3, -0.25) is 10.1 Å². The average molecular weight is 623 g/mol. The number of hydrogen-bond donors (Lipinski definition) is 4. The number of nitrogens with zero attached hydrogens (tertiary/aromatic N) is 1. The molecule has 1 fully saturated rings. The number of rotatable bonds is 13. The summed E-state index contributed by atoms with van der Waals surface area (Å²) in [6, 6.07) is 31.1. The molecule has 0 aliphatic carbocycles. The number of likely N-dealkylation sites (tertiary alicyclic amines) is 1. The van der Waals surface area contributed by atoms with Crippen molar-refractivity contribution >= 4 is 17.7 Å². The van der Waals surface area contributed by atoms with Gasteiger partial charge in [0, 0.05) is 51.3 Å². The Morgan fingerprint density at radius 2 is 1.52 bits per heavy atom. The van der Waals surface area contributed by atoms with E-state index in [0.717, 1.165) is 59.4 Å². The van der Waals surface area contributed by atoms with Gasteiger partial charge in [0.25, 0.3) is 0 Å². The zero-order valence-corrected chi connectivity index (χ0v) is 26.2. The summed E-state index contributed by atoms with van der Waals surface area (Å²) in [4.78, 5) is 27.6. The summed E-state index contributed by atoms with van der Waals surface area (Å²) in [7, 11) is 1.53.